The molecule has 0 aromatic heterocycles. The second-order valence-corrected chi connectivity index (χ2v) is 8.90. The van der Waals surface area contributed by atoms with E-state index in [2.05, 4.69) is 9.62 Å². The Bertz CT molecular complexity index is 687. The van der Waals surface area contributed by atoms with Crippen LogP contribution in [-0.2, 0) is 14.8 Å². The highest BCUT2D eigenvalue weighted by atomic mass is 32.2. The van der Waals surface area contributed by atoms with Crippen molar-refractivity contribution >= 4 is 10.0 Å². The fourth-order valence-corrected chi connectivity index (χ4v) is 5.15. The molecule has 1 aromatic carbocycles. The maximum absolute atomic E-state index is 12.6. The molecule has 1 aliphatic carbocycles. The molecule has 1 aromatic rings. The second kappa shape index (κ2) is 5.84. The van der Waals surface area contributed by atoms with Gasteiger partial charge < -0.3 is 4.74 Å². The molecule has 0 amide bonds. The van der Waals surface area contributed by atoms with Gasteiger partial charge >= 0.3 is 0 Å². The Morgan fingerprint density at radius 1 is 1.26 bits per heavy atom. The molecule has 23 heavy (non-hydrogen) atoms. The van der Waals surface area contributed by atoms with Gasteiger partial charge in [0.1, 0.15) is 0 Å². The number of fused-ring (bicyclic) bond motifs is 1. The minimum absolute atomic E-state index is 0.0212. The van der Waals surface area contributed by atoms with Gasteiger partial charge in [-0.05, 0) is 49.8 Å². The van der Waals surface area contributed by atoms with Gasteiger partial charge in [-0.3, -0.25) is 4.90 Å². The number of sulfonamides is 1. The fourth-order valence-electron chi connectivity index (χ4n) is 3.81. The molecule has 0 unspecified atom stereocenters. The monoisotopic (exact) mass is 336 g/mol. The van der Waals surface area contributed by atoms with Crippen LogP contribution in [0.4, 0.5) is 0 Å². The second-order valence-electron chi connectivity index (χ2n) is 7.19. The number of ether oxygens (including phenoxy) is 1. The molecule has 2 saturated heterocycles. The van der Waals surface area contributed by atoms with Gasteiger partial charge in [-0.25, -0.2) is 13.1 Å². The third-order valence-corrected chi connectivity index (χ3v) is 6.73. The maximum atomic E-state index is 12.6. The van der Waals surface area contributed by atoms with Gasteiger partial charge in [0.15, 0.2) is 0 Å². The lowest BCUT2D eigenvalue weighted by Crippen LogP contribution is -2.47. The first-order chi connectivity index (χ1) is 11.0. The van der Waals surface area contributed by atoms with E-state index < -0.39 is 10.0 Å². The molecule has 0 radical (unpaired) electrons. The highest BCUT2D eigenvalue weighted by Crippen LogP contribution is 2.38. The molecule has 1 N–H and O–H groups in total. The molecular formula is C17H24N2O3S. The third-order valence-electron chi connectivity index (χ3n) is 5.21. The molecular weight excluding hydrogens is 312 g/mol. The van der Waals surface area contributed by atoms with Crippen LogP contribution in [0.2, 0.25) is 0 Å². The summed E-state index contributed by atoms with van der Waals surface area (Å²) in [5.41, 5.74) is 0.956. The summed E-state index contributed by atoms with van der Waals surface area (Å²) in [6, 6.07) is 7.41. The van der Waals surface area contributed by atoms with Crippen LogP contribution in [0.15, 0.2) is 29.2 Å². The lowest BCUT2D eigenvalue weighted by atomic mass is 10.1. The number of hydrogen-bond donors (Lipinski definition) is 1. The number of nitrogens with one attached hydrogen (secondary N) is 1. The van der Waals surface area contributed by atoms with Gasteiger partial charge in [-0.2, -0.15) is 0 Å². The van der Waals surface area contributed by atoms with E-state index in [1.807, 2.05) is 13.0 Å². The largest absolute Gasteiger partial charge is 0.375 e. The van der Waals surface area contributed by atoms with E-state index in [0.717, 1.165) is 37.6 Å². The van der Waals surface area contributed by atoms with Crippen LogP contribution in [0.5, 0.6) is 0 Å². The standard InChI is InChI=1S/C17H24N2O3S/c1-12-3-2-4-16(7-12)23(20,21)18-14-8-15-11-22-17(13-5-6-13)10-19(15)9-14/h2-4,7,13-15,17-18H,5-6,8-11H2,1H3/t14-,15-,17+/m0/s1. The molecule has 1 saturated carbocycles. The molecule has 0 spiro atoms. The smallest absolute Gasteiger partial charge is 0.240 e. The van der Waals surface area contributed by atoms with E-state index >= 15 is 0 Å². The van der Waals surface area contributed by atoms with E-state index in [1.165, 1.54) is 12.8 Å². The molecule has 5 nitrogen and oxygen atoms in total. The third kappa shape index (κ3) is 3.31. The van der Waals surface area contributed by atoms with Crippen molar-refractivity contribution in [2.75, 3.05) is 19.7 Å². The minimum Gasteiger partial charge on any atom is -0.375 e. The summed E-state index contributed by atoms with van der Waals surface area (Å²) in [5, 5.41) is 0. The number of benzene rings is 1. The summed E-state index contributed by atoms with van der Waals surface area (Å²) in [6.45, 7) is 4.40. The zero-order valence-electron chi connectivity index (χ0n) is 13.4. The molecule has 3 atom stereocenters. The SMILES string of the molecule is Cc1cccc(S(=O)(=O)N[C@H]2C[C@H]3CO[C@@H](C4CC4)CN3C2)c1. The van der Waals surface area contributed by atoms with E-state index in [0.29, 0.717) is 17.0 Å². The Balaban J connectivity index is 1.42. The molecule has 4 rings (SSSR count). The summed E-state index contributed by atoms with van der Waals surface area (Å²) < 4.78 is 34.0. The average Bonchev–Trinajstić information content (AvgIpc) is 3.27. The predicted molar refractivity (Wildman–Crippen MR) is 87.7 cm³/mol. The van der Waals surface area contributed by atoms with Crippen LogP contribution in [0.25, 0.3) is 0 Å². The van der Waals surface area contributed by atoms with Crippen molar-refractivity contribution in [1.82, 2.24) is 9.62 Å². The van der Waals surface area contributed by atoms with Crippen molar-refractivity contribution in [2.45, 2.75) is 49.3 Å². The predicted octanol–water partition coefficient (Wildman–Crippen LogP) is 1.53. The van der Waals surface area contributed by atoms with Crippen molar-refractivity contribution in [3.05, 3.63) is 29.8 Å². The van der Waals surface area contributed by atoms with E-state index in [9.17, 15) is 8.42 Å². The highest BCUT2D eigenvalue weighted by molar-refractivity contribution is 7.89. The van der Waals surface area contributed by atoms with Gasteiger partial charge in [-0.1, -0.05) is 12.1 Å². The number of aryl methyl sites for hydroxylation is 1. The van der Waals surface area contributed by atoms with Gasteiger partial charge in [-0.15, -0.1) is 0 Å². The topological polar surface area (TPSA) is 58.6 Å². The molecule has 3 aliphatic rings. The Hall–Kier alpha value is -0.950. The molecule has 6 heteroatoms. The van der Waals surface area contributed by atoms with Crippen LogP contribution >= 0.6 is 0 Å². The Morgan fingerprint density at radius 2 is 2.09 bits per heavy atom. The van der Waals surface area contributed by atoms with Crippen molar-refractivity contribution in [3.8, 4) is 0 Å². The van der Waals surface area contributed by atoms with Crippen LogP contribution < -0.4 is 4.72 Å². The van der Waals surface area contributed by atoms with E-state index in [4.69, 9.17) is 4.74 Å². The highest BCUT2D eigenvalue weighted by Gasteiger charge is 2.43. The first kappa shape index (κ1) is 15.6. The summed E-state index contributed by atoms with van der Waals surface area (Å²) in [5.74, 6) is 0.735. The molecule has 126 valence electrons. The first-order valence-electron chi connectivity index (χ1n) is 8.46. The Morgan fingerprint density at radius 3 is 2.83 bits per heavy atom. The minimum atomic E-state index is -3.44. The van der Waals surface area contributed by atoms with Crippen LogP contribution in [0, 0.1) is 12.8 Å². The van der Waals surface area contributed by atoms with Crippen molar-refractivity contribution < 1.29 is 13.2 Å². The lowest BCUT2D eigenvalue weighted by Gasteiger charge is -2.35. The normalized spacial score (nSPS) is 32.0. The number of rotatable bonds is 4. The summed E-state index contributed by atoms with van der Waals surface area (Å²) >= 11 is 0. The molecule has 2 heterocycles. The zero-order valence-corrected chi connectivity index (χ0v) is 14.3. The van der Waals surface area contributed by atoms with E-state index in [-0.39, 0.29) is 6.04 Å². The number of morpholine rings is 1. The Kier molecular flexibility index (Phi) is 3.96. The van der Waals surface area contributed by atoms with Crippen LogP contribution in [-0.4, -0.2) is 51.2 Å². The Labute approximate surface area is 138 Å². The molecule has 0 bridgehead atoms. The van der Waals surface area contributed by atoms with Crippen molar-refractivity contribution in [1.29, 1.82) is 0 Å². The number of nitrogens with zero attached hydrogens (tertiary/aromatic N) is 1. The van der Waals surface area contributed by atoms with Gasteiger partial charge in [0.25, 0.3) is 0 Å². The van der Waals surface area contributed by atoms with Crippen LogP contribution in [0.1, 0.15) is 24.8 Å². The number of hydrogen-bond acceptors (Lipinski definition) is 4. The molecule has 3 fully saturated rings. The van der Waals surface area contributed by atoms with Gasteiger partial charge in [0, 0.05) is 25.2 Å². The first-order valence-corrected chi connectivity index (χ1v) is 9.94. The summed E-state index contributed by atoms with van der Waals surface area (Å²) in [7, 11) is -3.44. The lowest BCUT2D eigenvalue weighted by molar-refractivity contribution is -0.0581. The van der Waals surface area contributed by atoms with Crippen molar-refractivity contribution in [2.24, 2.45) is 5.92 Å². The van der Waals surface area contributed by atoms with Crippen LogP contribution in [0.3, 0.4) is 0 Å². The fraction of sp³-hybridized carbons (Fsp3) is 0.647. The molecule has 2 aliphatic heterocycles. The quantitative estimate of drug-likeness (QED) is 0.906. The summed E-state index contributed by atoms with van der Waals surface area (Å²) in [4.78, 5) is 2.77. The van der Waals surface area contributed by atoms with Gasteiger partial charge in [0.2, 0.25) is 10.0 Å². The summed E-state index contributed by atoms with van der Waals surface area (Å²) in [6.07, 6.45) is 3.76. The van der Waals surface area contributed by atoms with Gasteiger partial charge in [0.05, 0.1) is 17.6 Å². The zero-order chi connectivity index (χ0) is 16.0. The maximum Gasteiger partial charge on any atom is 0.240 e. The van der Waals surface area contributed by atoms with Crippen molar-refractivity contribution in [3.63, 3.8) is 0 Å². The average molecular weight is 336 g/mol. The van der Waals surface area contributed by atoms with E-state index in [1.54, 1.807) is 18.2 Å².